The molecule has 2 aromatic carbocycles. The monoisotopic (exact) mass is 370 g/mol. The van der Waals surface area contributed by atoms with Gasteiger partial charge in [0.1, 0.15) is 0 Å². The number of amides is 2. The van der Waals surface area contributed by atoms with Crippen molar-refractivity contribution in [3.05, 3.63) is 65.2 Å². The van der Waals surface area contributed by atoms with E-state index in [0.29, 0.717) is 6.54 Å². The Hall–Kier alpha value is -2.34. The summed E-state index contributed by atoms with van der Waals surface area (Å²) in [6.45, 7) is 4.37. The van der Waals surface area contributed by atoms with E-state index in [-0.39, 0.29) is 29.6 Å². The molecule has 2 aromatic rings. The second kappa shape index (κ2) is 6.13. The lowest BCUT2D eigenvalue weighted by Crippen LogP contribution is -2.38. The molecule has 0 aliphatic carbocycles. The zero-order valence-electron chi connectivity index (χ0n) is 14.9. The van der Waals surface area contributed by atoms with Crippen molar-refractivity contribution in [3.8, 4) is 0 Å². The SMILES string of the molecule is Cc1ccc(C)c(N2C(=O)N(Cc3ccccc3)[C@@H]3CS(=O)(=O)C[C@H]32)c1. The molecule has 0 N–H and O–H groups in total. The predicted molar refractivity (Wildman–Crippen MR) is 102 cm³/mol. The Balaban J connectivity index is 1.75. The lowest BCUT2D eigenvalue weighted by molar-refractivity contribution is 0.206. The number of urea groups is 1. The third-order valence-corrected chi connectivity index (χ3v) is 7.00. The normalized spacial score (nSPS) is 24.2. The lowest BCUT2D eigenvalue weighted by atomic mass is 10.1. The van der Waals surface area contributed by atoms with E-state index < -0.39 is 9.84 Å². The summed E-state index contributed by atoms with van der Waals surface area (Å²) in [5.41, 5.74) is 3.86. The van der Waals surface area contributed by atoms with Gasteiger partial charge in [-0.3, -0.25) is 4.90 Å². The fraction of sp³-hybridized carbons (Fsp3) is 0.350. The summed E-state index contributed by atoms with van der Waals surface area (Å²) in [5.74, 6) is 0.0691. The number of benzene rings is 2. The molecule has 2 amide bonds. The van der Waals surface area contributed by atoms with Crippen LogP contribution in [0.4, 0.5) is 10.5 Å². The van der Waals surface area contributed by atoms with Crippen molar-refractivity contribution < 1.29 is 13.2 Å². The first-order valence-electron chi connectivity index (χ1n) is 8.77. The van der Waals surface area contributed by atoms with Crippen molar-refractivity contribution in [2.45, 2.75) is 32.5 Å². The molecule has 0 radical (unpaired) electrons. The number of rotatable bonds is 3. The van der Waals surface area contributed by atoms with Gasteiger partial charge in [0.2, 0.25) is 0 Å². The minimum atomic E-state index is -3.15. The van der Waals surface area contributed by atoms with E-state index in [4.69, 9.17) is 0 Å². The van der Waals surface area contributed by atoms with Crippen molar-refractivity contribution in [1.29, 1.82) is 0 Å². The zero-order valence-corrected chi connectivity index (χ0v) is 15.7. The van der Waals surface area contributed by atoms with Gasteiger partial charge in [-0.15, -0.1) is 0 Å². The molecule has 0 bridgehead atoms. The number of hydrogen-bond acceptors (Lipinski definition) is 3. The molecular formula is C20H22N2O3S. The molecule has 0 saturated carbocycles. The van der Waals surface area contributed by atoms with Gasteiger partial charge in [-0.1, -0.05) is 42.5 Å². The maximum absolute atomic E-state index is 13.3. The van der Waals surface area contributed by atoms with E-state index in [2.05, 4.69) is 0 Å². The minimum Gasteiger partial charge on any atom is -0.314 e. The fourth-order valence-electron chi connectivity index (χ4n) is 4.00. The molecule has 5 nitrogen and oxygen atoms in total. The highest BCUT2D eigenvalue weighted by atomic mass is 32.2. The van der Waals surface area contributed by atoms with Gasteiger partial charge >= 0.3 is 6.03 Å². The van der Waals surface area contributed by atoms with Crippen molar-refractivity contribution in [2.75, 3.05) is 16.4 Å². The summed E-state index contributed by atoms with van der Waals surface area (Å²) < 4.78 is 24.6. The van der Waals surface area contributed by atoms with Crippen LogP contribution in [-0.4, -0.2) is 42.9 Å². The number of nitrogens with zero attached hydrogens (tertiary/aromatic N) is 2. The van der Waals surface area contributed by atoms with Crippen LogP contribution in [0.5, 0.6) is 0 Å². The second-order valence-electron chi connectivity index (χ2n) is 7.27. The topological polar surface area (TPSA) is 57.7 Å². The molecule has 26 heavy (non-hydrogen) atoms. The highest BCUT2D eigenvalue weighted by Gasteiger charge is 2.54. The Morgan fingerprint density at radius 3 is 2.42 bits per heavy atom. The molecule has 2 aliphatic heterocycles. The van der Waals surface area contributed by atoms with E-state index >= 15 is 0 Å². The molecule has 2 heterocycles. The van der Waals surface area contributed by atoms with Crippen molar-refractivity contribution in [2.24, 2.45) is 0 Å². The van der Waals surface area contributed by atoms with Crippen LogP contribution in [0.15, 0.2) is 48.5 Å². The number of hydrogen-bond donors (Lipinski definition) is 0. The molecule has 136 valence electrons. The van der Waals surface area contributed by atoms with E-state index in [1.165, 1.54) is 0 Å². The lowest BCUT2D eigenvalue weighted by Gasteiger charge is -2.24. The van der Waals surface area contributed by atoms with Gasteiger partial charge in [0.25, 0.3) is 0 Å². The largest absolute Gasteiger partial charge is 0.325 e. The zero-order chi connectivity index (χ0) is 18.5. The molecule has 2 atom stereocenters. The van der Waals surface area contributed by atoms with Crippen LogP contribution >= 0.6 is 0 Å². The third-order valence-electron chi connectivity index (χ3n) is 5.30. The standard InChI is InChI=1S/C20H22N2O3S/c1-14-8-9-15(2)17(10-14)22-19-13-26(24,25)12-18(19)21(20(22)23)11-16-6-4-3-5-7-16/h3-10,18-19H,11-13H2,1-2H3/t18-,19-/m1/s1. The van der Waals surface area contributed by atoms with Gasteiger partial charge < -0.3 is 4.90 Å². The first-order valence-corrected chi connectivity index (χ1v) is 10.6. The smallest absolute Gasteiger partial charge is 0.314 e. The first kappa shape index (κ1) is 17.1. The quantitative estimate of drug-likeness (QED) is 0.781. The number of carbonyl (C=O) groups is 1. The van der Waals surface area contributed by atoms with Crippen LogP contribution < -0.4 is 4.90 Å². The summed E-state index contributed by atoms with van der Waals surface area (Å²) in [4.78, 5) is 16.7. The van der Waals surface area contributed by atoms with Gasteiger partial charge in [0, 0.05) is 12.2 Å². The number of fused-ring (bicyclic) bond motifs is 1. The average molecular weight is 370 g/mol. The van der Waals surface area contributed by atoms with Crippen molar-refractivity contribution in [3.63, 3.8) is 0 Å². The number of sulfone groups is 1. The molecule has 2 fully saturated rings. The van der Waals surface area contributed by atoms with Gasteiger partial charge in [0.05, 0.1) is 23.6 Å². The molecule has 2 aliphatic rings. The molecule has 2 saturated heterocycles. The number of anilines is 1. The van der Waals surface area contributed by atoms with Crippen molar-refractivity contribution >= 4 is 21.6 Å². The summed E-state index contributed by atoms with van der Waals surface area (Å²) in [5, 5.41) is 0. The molecule has 6 heteroatoms. The van der Waals surface area contributed by atoms with Gasteiger partial charge in [-0.2, -0.15) is 0 Å². The van der Waals surface area contributed by atoms with Gasteiger partial charge in [-0.25, -0.2) is 13.2 Å². The van der Waals surface area contributed by atoms with Crippen LogP contribution in [0.1, 0.15) is 16.7 Å². The summed E-state index contributed by atoms with van der Waals surface area (Å²) in [7, 11) is -3.15. The average Bonchev–Trinajstić information content (AvgIpc) is 3.02. The Bertz CT molecular complexity index is 956. The van der Waals surface area contributed by atoms with Gasteiger partial charge in [-0.05, 0) is 36.6 Å². The Kier molecular flexibility index (Phi) is 4.03. The molecule has 0 spiro atoms. The summed E-state index contributed by atoms with van der Waals surface area (Å²) in [6, 6.07) is 15.0. The molecule has 4 rings (SSSR count). The minimum absolute atomic E-state index is 0.0298. The Morgan fingerprint density at radius 2 is 1.69 bits per heavy atom. The highest BCUT2D eigenvalue weighted by Crippen LogP contribution is 2.37. The number of carbonyl (C=O) groups excluding carboxylic acids is 1. The van der Waals surface area contributed by atoms with E-state index in [9.17, 15) is 13.2 Å². The van der Waals surface area contributed by atoms with Crippen LogP contribution in [0.25, 0.3) is 0 Å². The number of aryl methyl sites for hydroxylation is 2. The third kappa shape index (κ3) is 2.88. The summed E-state index contributed by atoms with van der Waals surface area (Å²) in [6.07, 6.45) is 0. The fourth-order valence-corrected chi connectivity index (χ4v) is 5.95. The van der Waals surface area contributed by atoms with Crippen LogP contribution in [0.3, 0.4) is 0 Å². The molecule has 0 aromatic heterocycles. The molecular weight excluding hydrogens is 348 g/mol. The summed E-state index contributed by atoms with van der Waals surface area (Å²) >= 11 is 0. The van der Waals surface area contributed by atoms with E-state index in [1.54, 1.807) is 9.80 Å². The van der Waals surface area contributed by atoms with Crippen molar-refractivity contribution in [1.82, 2.24) is 4.90 Å². The Labute approximate surface area is 154 Å². The Morgan fingerprint density at radius 1 is 1.00 bits per heavy atom. The van der Waals surface area contributed by atoms with E-state index in [1.807, 2.05) is 62.4 Å². The van der Waals surface area contributed by atoms with Crippen LogP contribution in [0.2, 0.25) is 0 Å². The predicted octanol–water partition coefficient (Wildman–Crippen LogP) is 2.91. The van der Waals surface area contributed by atoms with Gasteiger partial charge in [0.15, 0.2) is 9.84 Å². The first-order chi connectivity index (χ1) is 12.4. The van der Waals surface area contributed by atoms with E-state index in [0.717, 1.165) is 22.4 Å². The van der Waals surface area contributed by atoms with Crippen LogP contribution in [0, 0.1) is 13.8 Å². The second-order valence-corrected chi connectivity index (χ2v) is 9.42. The highest BCUT2D eigenvalue weighted by molar-refractivity contribution is 7.91. The maximum atomic E-state index is 13.3. The van der Waals surface area contributed by atoms with Crippen LogP contribution in [-0.2, 0) is 16.4 Å². The molecule has 0 unspecified atom stereocenters. The maximum Gasteiger partial charge on any atom is 0.325 e.